The molecular weight excluding hydrogens is 176 g/mol. The smallest absolute Gasteiger partial charge is 0.0936 e. The van der Waals surface area contributed by atoms with Crippen LogP contribution in [0.1, 0.15) is 19.8 Å². The van der Waals surface area contributed by atoms with Gasteiger partial charge >= 0.3 is 0 Å². The van der Waals surface area contributed by atoms with Gasteiger partial charge in [-0.05, 0) is 33.0 Å². The number of rotatable bonds is 3. The second-order valence-electron chi connectivity index (χ2n) is 4.63. The summed E-state index contributed by atoms with van der Waals surface area (Å²) in [7, 11) is 2.24. The van der Waals surface area contributed by atoms with Gasteiger partial charge in [-0.25, -0.2) is 0 Å². The minimum absolute atomic E-state index is 0.549. The highest BCUT2D eigenvalue weighted by Gasteiger charge is 2.29. The Morgan fingerprint density at radius 1 is 1.36 bits per heavy atom. The molecule has 0 bridgehead atoms. The molecule has 3 heteroatoms. The normalized spacial score (nSPS) is 35.6. The Morgan fingerprint density at radius 2 is 2.14 bits per heavy atom. The number of epoxide rings is 1. The molecule has 2 heterocycles. The Morgan fingerprint density at radius 3 is 2.79 bits per heavy atom. The van der Waals surface area contributed by atoms with Crippen LogP contribution in [0.15, 0.2) is 0 Å². The highest BCUT2D eigenvalue weighted by Crippen LogP contribution is 2.17. The molecule has 14 heavy (non-hydrogen) atoms. The van der Waals surface area contributed by atoms with Crippen molar-refractivity contribution in [3.05, 3.63) is 0 Å². The predicted molar refractivity (Wildman–Crippen MR) is 57.5 cm³/mol. The van der Waals surface area contributed by atoms with Crippen molar-refractivity contribution in [1.82, 2.24) is 9.80 Å². The topological polar surface area (TPSA) is 19.0 Å². The Hall–Kier alpha value is -0.120. The first-order valence-corrected chi connectivity index (χ1v) is 5.83. The van der Waals surface area contributed by atoms with Crippen molar-refractivity contribution in [2.75, 3.05) is 39.8 Å². The molecular formula is C11H22N2O. The minimum atomic E-state index is 0.549. The average Bonchev–Trinajstić information content (AvgIpc) is 2.96. The van der Waals surface area contributed by atoms with Crippen LogP contribution in [0.5, 0.6) is 0 Å². The van der Waals surface area contributed by atoms with E-state index in [1.165, 1.54) is 32.5 Å². The number of likely N-dealkylation sites (N-methyl/N-ethyl adjacent to an activating group) is 1. The lowest BCUT2D eigenvalue weighted by atomic mass is 10.2. The minimum Gasteiger partial charge on any atom is -0.372 e. The van der Waals surface area contributed by atoms with Gasteiger partial charge in [-0.2, -0.15) is 0 Å². The molecule has 3 nitrogen and oxygen atoms in total. The molecule has 2 saturated heterocycles. The fraction of sp³-hybridized carbons (Fsp3) is 1.00. The fourth-order valence-corrected chi connectivity index (χ4v) is 2.36. The molecule has 0 aromatic heterocycles. The molecule has 0 aliphatic carbocycles. The van der Waals surface area contributed by atoms with Gasteiger partial charge in [0.2, 0.25) is 0 Å². The maximum absolute atomic E-state index is 5.32. The van der Waals surface area contributed by atoms with Crippen LogP contribution in [0.4, 0.5) is 0 Å². The maximum Gasteiger partial charge on any atom is 0.0936 e. The third-order valence-electron chi connectivity index (χ3n) is 3.34. The van der Waals surface area contributed by atoms with E-state index in [1.54, 1.807) is 0 Å². The number of nitrogens with zero attached hydrogens (tertiary/aromatic N) is 2. The predicted octanol–water partition coefficient (Wildman–Crippen LogP) is 0.801. The zero-order valence-corrected chi connectivity index (χ0v) is 9.41. The van der Waals surface area contributed by atoms with Crippen molar-refractivity contribution < 1.29 is 4.74 Å². The van der Waals surface area contributed by atoms with Gasteiger partial charge in [-0.3, -0.25) is 4.90 Å². The van der Waals surface area contributed by atoms with E-state index in [1.807, 2.05) is 0 Å². The largest absolute Gasteiger partial charge is 0.372 e. The average molecular weight is 198 g/mol. The van der Waals surface area contributed by atoms with Crippen LogP contribution in [-0.2, 0) is 4.74 Å². The second kappa shape index (κ2) is 4.60. The van der Waals surface area contributed by atoms with Gasteiger partial charge in [0.1, 0.15) is 0 Å². The van der Waals surface area contributed by atoms with Crippen LogP contribution in [0, 0.1) is 0 Å². The summed E-state index contributed by atoms with van der Waals surface area (Å²) >= 11 is 0. The van der Waals surface area contributed by atoms with Gasteiger partial charge in [0.15, 0.2) is 0 Å². The zero-order chi connectivity index (χ0) is 9.97. The zero-order valence-electron chi connectivity index (χ0n) is 9.41. The van der Waals surface area contributed by atoms with Crippen molar-refractivity contribution >= 4 is 0 Å². The first-order chi connectivity index (χ1) is 6.79. The van der Waals surface area contributed by atoms with Crippen molar-refractivity contribution in [2.45, 2.75) is 31.9 Å². The van der Waals surface area contributed by atoms with E-state index in [0.717, 1.165) is 19.2 Å². The van der Waals surface area contributed by atoms with E-state index < -0.39 is 0 Å². The summed E-state index contributed by atoms with van der Waals surface area (Å²) in [5.41, 5.74) is 0. The van der Waals surface area contributed by atoms with E-state index in [4.69, 9.17) is 4.74 Å². The number of ether oxygens (including phenoxy) is 1. The van der Waals surface area contributed by atoms with Gasteiger partial charge in [0.25, 0.3) is 0 Å². The Bertz CT molecular complexity index is 182. The molecule has 2 atom stereocenters. The van der Waals surface area contributed by atoms with Crippen LogP contribution in [0.25, 0.3) is 0 Å². The van der Waals surface area contributed by atoms with Crippen LogP contribution in [-0.4, -0.2) is 61.8 Å². The standard InChI is InChI=1S/C11H22N2O/c1-3-10-7-12(2)5-4-6-13(10)8-11-9-14-11/h10-11H,3-9H2,1-2H3. The van der Waals surface area contributed by atoms with Crippen LogP contribution in [0.3, 0.4) is 0 Å². The first kappa shape index (κ1) is 10.4. The van der Waals surface area contributed by atoms with E-state index in [2.05, 4.69) is 23.8 Å². The summed E-state index contributed by atoms with van der Waals surface area (Å²) in [6.07, 6.45) is 3.11. The molecule has 2 aliphatic heterocycles. The molecule has 0 amide bonds. The molecule has 0 radical (unpaired) electrons. The highest BCUT2D eigenvalue weighted by atomic mass is 16.6. The lowest BCUT2D eigenvalue weighted by molar-refractivity contribution is 0.169. The van der Waals surface area contributed by atoms with Gasteiger partial charge in [0.05, 0.1) is 12.7 Å². The molecule has 2 aliphatic rings. The Labute approximate surface area is 87.0 Å². The third kappa shape index (κ3) is 2.69. The summed E-state index contributed by atoms with van der Waals surface area (Å²) in [6.45, 7) is 8.17. The quantitative estimate of drug-likeness (QED) is 0.625. The van der Waals surface area contributed by atoms with Crippen molar-refractivity contribution in [3.63, 3.8) is 0 Å². The summed E-state index contributed by atoms with van der Waals surface area (Å²) in [5.74, 6) is 0. The fourth-order valence-electron chi connectivity index (χ4n) is 2.36. The highest BCUT2D eigenvalue weighted by molar-refractivity contribution is 4.82. The molecule has 0 aromatic carbocycles. The summed E-state index contributed by atoms with van der Waals surface area (Å²) in [6, 6.07) is 0.742. The summed E-state index contributed by atoms with van der Waals surface area (Å²) in [4.78, 5) is 5.09. The van der Waals surface area contributed by atoms with E-state index in [-0.39, 0.29) is 0 Å². The van der Waals surface area contributed by atoms with Gasteiger partial charge in [0, 0.05) is 19.1 Å². The van der Waals surface area contributed by atoms with Gasteiger partial charge < -0.3 is 9.64 Å². The SMILES string of the molecule is CCC1CN(C)CCCN1CC1CO1. The molecule has 0 N–H and O–H groups in total. The summed E-state index contributed by atoms with van der Waals surface area (Å²) in [5, 5.41) is 0. The molecule has 2 fully saturated rings. The van der Waals surface area contributed by atoms with Crippen molar-refractivity contribution in [1.29, 1.82) is 0 Å². The maximum atomic E-state index is 5.32. The first-order valence-electron chi connectivity index (χ1n) is 5.83. The molecule has 0 aromatic rings. The lowest BCUT2D eigenvalue weighted by Gasteiger charge is -2.29. The van der Waals surface area contributed by atoms with Crippen LogP contribution >= 0.6 is 0 Å². The van der Waals surface area contributed by atoms with Crippen molar-refractivity contribution in [2.24, 2.45) is 0 Å². The van der Waals surface area contributed by atoms with Crippen molar-refractivity contribution in [3.8, 4) is 0 Å². The third-order valence-corrected chi connectivity index (χ3v) is 3.34. The van der Waals surface area contributed by atoms with E-state index >= 15 is 0 Å². The van der Waals surface area contributed by atoms with Crippen LogP contribution < -0.4 is 0 Å². The molecule has 0 saturated carbocycles. The van der Waals surface area contributed by atoms with Gasteiger partial charge in [-0.15, -0.1) is 0 Å². The van der Waals surface area contributed by atoms with Gasteiger partial charge in [-0.1, -0.05) is 6.92 Å². The van der Waals surface area contributed by atoms with Crippen LogP contribution in [0.2, 0.25) is 0 Å². The summed E-state index contributed by atoms with van der Waals surface area (Å²) < 4.78 is 5.32. The Kier molecular flexibility index (Phi) is 3.42. The molecule has 2 unspecified atom stereocenters. The Balaban J connectivity index is 1.89. The monoisotopic (exact) mass is 198 g/mol. The lowest BCUT2D eigenvalue weighted by Crippen LogP contribution is -2.41. The number of hydrogen-bond acceptors (Lipinski definition) is 3. The molecule has 82 valence electrons. The molecule has 0 spiro atoms. The second-order valence-corrected chi connectivity index (χ2v) is 4.63. The number of hydrogen-bond donors (Lipinski definition) is 0. The molecule has 2 rings (SSSR count). The van der Waals surface area contributed by atoms with E-state index in [0.29, 0.717) is 6.10 Å². The van der Waals surface area contributed by atoms with E-state index in [9.17, 15) is 0 Å².